The molecule has 140 valence electrons. The molecule has 0 atom stereocenters. The van der Waals surface area contributed by atoms with Crippen molar-refractivity contribution in [3.05, 3.63) is 80.6 Å². The van der Waals surface area contributed by atoms with Crippen LogP contribution in [0.5, 0.6) is 0 Å². The van der Waals surface area contributed by atoms with Crippen LogP contribution in [0.1, 0.15) is 5.56 Å². The first-order valence-electron chi connectivity index (χ1n) is 8.61. The summed E-state index contributed by atoms with van der Waals surface area (Å²) in [7, 11) is 0. The zero-order valence-electron chi connectivity index (χ0n) is 15.0. The first kappa shape index (κ1) is 18.6. The number of anilines is 1. The van der Waals surface area contributed by atoms with Crippen LogP contribution in [0.2, 0.25) is 0 Å². The SMILES string of the molecule is Cc1ccccc1NC(=O)Cn1cnc2scc(-c3ccc(Br)cc3)c2c1=O. The number of rotatable bonds is 4. The molecule has 4 rings (SSSR count). The van der Waals surface area contributed by atoms with Crippen molar-refractivity contribution in [1.29, 1.82) is 0 Å². The molecule has 0 fully saturated rings. The Hall–Kier alpha value is -2.77. The van der Waals surface area contributed by atoms with Crippen molar-refractivity contribution in [3.8, 4) is 11.1 Å². The number of nitrogens with zero attached hydrogens (tertiary/aromatic N) is 2. The largest absolute Gasteiger partial charge is 0.324 e. The van der Waals surface area contributed by atoms with Gasteiger partial charge in [0.2, 0.25) is 5.91 Å². The van der Waals surface area contributed by atoms with Crippen LogP contribution >= 0.6 is 27.3 Å². The molecule has 0 aliphatic rings. The standard InChI is InChI=1S/C21H16BrN3O2S/c1-13-4-2-3-5-17(13)24-18(26)10-25-12-23-20-19(21(25)27)16(11-28-20)14-6-8-15(22)9-7-14/h2-9,11-12H,10H2,1H3,(H,24,26). The molecule has 0 aliphatic heterocycles. The first-order valence-corrected chi connectivity index (χ1v) is 10.3. The van der Waals surface area contributed by atoms with Crippen LogP contribution < -0.4 is 10.9 Å². The van der Waals surface area contributed by atoms with Gasteiger partial charge in [0, 0.05) is 21.1 Å². The molecule has 0 bridgehead atoms. The van der Waals surface area contributed by atoms with Crippen molar-refractivity contribution in [3.63, 3.8) is 0 Å². The molecule has 0 spiro atoms. The van der Waals surface area contributed by atoms with Gasteiger partial charge in [-0.15, -0.1) is 11.3 Å². The third-order valence-corrected chi connectivity index (χ3v) is 5.86. The smallest absolute Gasteiger partial charge is 0.263 e. The molecule has 2 aromatic heterocycles. The lowest BCUT2D eigenvalue weighted by molar-refractivity contribution is -0.116. The molecule has 1 N–H and O–H groups in total. The maximum Gasteiger partial charge on any atom is 0.263 e. The lowest BCUT2D eigenvalue weighted by Gasteiger charge is -2.09. The van der Waals surface area contributed by atoms with Crippen LogP contribution in [0.25, 0.3) is 21.3 Å². The molecule has 2 heterocycles. The van der Waals surface area contributed by atoms with Crippen LogP contribution in [-0.4, -0.2) is 15.5 Å². The minimum absolute atomic E-state index is 0.0915. The molecule has 0 unspecified atom stereocenters. The highest BCUT2D eigenvalue weighted by Crippen LogP contribution is 2.31. The van der Waals surface area contributed by atoms with Gasteiger partial charge in [-0.3, -0.25) is 14.2 Å². The molecule has 0 saturated heterocycles. The van der Waals surface area contributed by atoms with E-state index in [-0.39, 0.29) is 18.0 Å². The fourth-order valence-electron chi connectivity index (χ4n) is 2.98. The third kappa shape index (κ3) is 3.63. The van der Waals surface area contributed by atoms with Crippen LogP contribution in [0.15, 0.2) is 69.5 Å². The number of amides is 1. The van der Waals surface area contributed by atoms with Crippen LogP contribution in [0.3, 0.4) is 0 Å². The maximum atomic E-state index is 13.0. The number of halogens is 1. The molecule has 4 aromatic rings. The van der Waals surface area contributed by atoms with Crippen molar-refractivity contribution < 1.29 is 4.79 Å². The predicted octanol–water partition coefficient (Wildman–Crippen LogP) is 4.83. The molecule has 7 heteroatoms. The number of hydrogen-bond acceptors (Lipinski definition) is 4. The van der Waals surface area contributed by atoms with Gasteiger partial charge in [-0.25, -0.2) is 4.98 Å². The molecule has 0 saturated carbocycles. The Labute approximate surface area is 173 Å². The average molecular weight is 454 g/mol. The molecular weight excluding hydrogens is 438 g/mol. The fourth-order valence-corrected chi connectivity index (χ4v) is 4.15. The number of thiophene rings is 1. The van der Waals surface area contributed by atoms with Crippen LogP contribution in [0, 0.1) is 6.92 Å². The third-order valence-electron chi connectivity index (χ3n) is 4.45. The van der Waals surface area contributed by atoms with Gasteiger partial charge in [-0.05, 0) is 36.2 Å². The van der Waals surface area contributed by atoms with E-state index >= 15 is 0 Å². The predicted molar refractivity (Wildman–Crippen MR) is 117 cm³/mol. The summed E-state index contributed by atoms with van der Waals surface area (Å²) in [5.74, 6) is -0.266. The van der Waals surface area contributed by atoms with Gasteiger partial charge in [0.25, 0.3) is 5.56 Å². The average Bonchev–Trinajstić information content (AvgIpc) is 3.11. The molecule has 0 radical (unpaired) electrons. The summed E-state index contributed by atoms with van der Waals surface area (Å²) in [6, 6.07) is 15.3. The summed E-state index contributed by atoms with van der Waals surface area (Å²) >= 11 is 4.85. The van der Waals surface area contributed by atoms with Gasteiger partial charge < -0.3 is 5.32 Å². The van der Waals surface area contributed by atoms with Crippen molar-refractivity contribution in [2.45, 2.75) is 13.5 Å². The van der Waals surface area contributed by atoms with E-state index in [1.165, 1.54) is 22.2 Å². The zero-order valence-corrected chi connectivity index (χ0v) is 17.4. The summed E-state index contributed by atoms with van der Waals surface area (Å²) in [5, 5.41) is 5.32. The summed E-state index contributed by atoms with van der Waals surface area (Å²) in [6.45, 7) is 1.83. The van der Waals surface area contributed by atoms with E-state index in [0.29, 0.717) is 10.2 Å². The number of hydrogen-bond donors (Lipinski definition) is 1. The van der Waals surface area contributed by atoms with E-state index in [1.54, 1.807) is 0 Å². The second-order valence-electron chi connectivity index (χ2n) is 6.38. The lowest BCUT2D eigenvalue weighted by Crippen LogP contribution is -2.28. The van der Waals surface area contributed by atoms with Crippen molar-refractivity contribution >= 4 is 49.1 Å². The topological polar surface area (TPSA) is 64.0 Å². The molecule has 1 amide bonds. The second-order valence-corrected chi connectivity index (χ2v) is 8.15. The summed E-state index contributed by atoms with van der Waals surface area (Å²) in [4.78, 5) is 30.5. The number of carbonyl (C=O) groups excluding carboxylic acids is 1. The number of fused-ring (bicyclic) bond motifs is 1. The van der Waals surface area contributed by atoms with Crippen molar-refractivity contribution in [2.24, 2.45) is 0 Å². The summed E-state index contributed by atoms with van der Waals surface area (Å²) in [6.07, 6.45) is 1.43. The second kappa shape index (κ2) is 7.69. The monoisotopic (exact) mass is 453 g/mol. The van der Waals surface area contributed by atoms with Gasteiger partial charge in [0.05, 0.1) is 11.7 Å². The number of nitrogens with one attached hydrogen (secondary N) is 1. The van der Waals surface area contributed by atoms with Crippen LogP contribution in [-0.2, 0) is 11.3 Å². The van der Waals surface area contributed by atoms with Gasteiger partial charge in [0.15, 0.2) is 0 Å². The number of para-hydroxylation sites is 1. The number of aromatic nitrogens is 2. The normalized spacial score (nSPS) is 10.9. The Bertz CT molecular complexity index is 1230. The zero-order chi connectivity index (χ0) is 19.7. The van der Waals surface area contributed by atoms with E-state index in [9.17, 15) is 9.59 Å². The quantitative estimate of drug-likeness (QED) is 0.480. The van der Waals surface area contributed by atoms with E-state index in [4.69, 9.17) is 0 Å². The highest BCUT2D eigenvalue weighted by atomic mass is 79.9. The fraction of sp³-hybridized carbons (Fsp3) is 0.0952. The molecule has 5 nitrogen and oxygen atoms in total. The Kier molecular flexibility index (Phi) is 5.11. The Morgan fingerprint density at radius 1 is 1.18 bits per heavy atom. The minimum Gasteiger partial charge on any atom is -0.324 e. The van der Waals surface area contributed by atoms with E-state index in [0.717, 1.165) is 26.9 Å². The summed E-state index contributed by atoms with van der Waals surface area (Å²) in [5.41, 5.74) is 3.26. The maximum absolute atomic E-state index is 13.0. The highest BCUT2D eigenvalue weighted by Gasteiger charge is 2.15. The first-order chi connectivity index (χ1) is 13.5. The van der Waals surface area contributed by atoms with Gasteiger partial charge in [-0.1, -0.05) is 46.3 Å². The highest BCUT2D eigenvalue weighted by molar-refractivity contribution is 9.10. The van der Waals surface area contributed by atoms with Crippen molar-refractivity contribution in [1.82, 2.24) is 9.55 Å². The van der Waals surface area contributed by atoms with Gasteiger partial charge >= 0.3 is 0 Å². The van der Waals surface area contributed by atoms with Gasteiger partial charge in [-0.2, -0.15) is 0 Å². The molecule has 0 aliphatic carbocycles. The molecule has 28 heavy (non-hydrogen) atoms. The van der Waals surface area contributed by atoms with E-state index in [2.05, 4.69) is 26.2 Å². The van der Waals surface area contributed by atoms with Crippen LogP contribution in [0.4, 0.5) is 5.69 Å². The Morgan fingerprint density at radius 3 is 2.68 bits per heavy atom. The number of carbonyl (C=O) groups is 1. The van der Waals surface area contributed by atoms with Crippen molar-refractivity contribution in [2.75, 3.05) is 5.32 Å². The molecular formula is C21H16BrN3O2S. The lowest BCUT2D eigenvalue weighted by atomic mass is 10.1. The number of aryl methyl sites for hydroxylation is 1. The Morgan fingerprint density at radius 2 is 1.93 bits per heavy atom. The number of benzene rings is 2. The minimum atomic E-state index is -0.266. The Balaban J connectivity index is 1.67. The van der Waals surface area contributed by atoms with Gasteiger partial charge in [0.1, 0.15) is 11.4 Å². The summed E-state index contributed by atoms with van der Waals surface area (Å²) < 4.78 is 2.32. The van der Waals surface area contributed by atoms with E-state index < -0.39 is 0 Å². The van der Waals surface area contributed by atoms with E-state index in [1.807, 2.05) is 60.8 Å². The molecule has 2 aromatic carbocycles.